The van der Waals surface area contributed by atoms with Crippen molar-refractivity contribution in [1.29, 1.82) is 0 Å². The number of hydrogen-bond acceptors (Lipinski definition) is 4. The zero-order chi connectivity index (χ0) is 19.5. The molecule has 3 aromatic rings. The van der Waals surface area contributed by atoms with E-state index < -0.39 is 0 Å². The molecule has 1 heterocycles. The van der Waals surface area contributed by atoms with Crippen molar-refractivity contribution >= 4 is 61.9 Å². The molecule has 1 fully saturated rings. The molecule has 28 heavy (non-hydrogen) atoms. The second-order valence-electron chi connectivity index (χ2n) is 5.95. The van der Waals surface area contributed by atoms with Gasteiger partial charge in [-0.2, -0.15) is 0 Å². The molecule has 1 saturated heterocycles. The molecule has 0 saturated carbocycles. The van der Waals surface area contributed by atoms with E-state index in [0.29, 0.717) is 15.0 Å². The smallest absolute Gasteiger partial charge is 0.270 e. The van der Waals surface area contributed by atoms with Crippen LogP contribution in [0.25, 0.3) is 6.08 Å². The van der Waals surface area contributed by atoms with E-state index in [1.165, 1.54) is 11.8 Å². The first kappa shape index (κ1) is 18.9. The van der Waals surface area contributed by atoms with E-state index in [1.54, 1.807) is 4.90 Å². The monoisotopic (exact) mass is 467 g/mol. The summed E-state index contributed by atoms with van der Waals surface area (Å²) in [6.07, 6.45) is 1.86. The van der Waals surface area contributed by atoms with E-state index in [4.69, 9.17) is 17.0 Å². The van der Waals surface area contributed by atoms with Gasteiger partial charge in [-0.15, -0.1) is 0 Å². The van der Waals surface area contributed by atoms with Crippen LogP contribution in [0.1, 0.15) is 5.56 Å². The highest BCUT2D eigenvalue weighted by molar-refractivity contribution is 9.10. The van der Waals surface area contributed by atoms with Gasteiger partial charge in [-0.05, 0) is 54.1 Å². The van der Waals surface area contributed by atoms with Crippen LogP contribution in [0, 0.1) is 0 Å². The summed E-state index contributed by atoms with van der Waals surface area (Å²) >= 11 is 10.3. The molecule has 0 aliphatic carbocycles. The molecular weight excluding hydrogens is 454 g/mol. The van der Waals surface area contributed by atoms with Crippen LogP contribution in [0.2, 0.25) is 0 Å². The van der Waals surface area contributed by atoms with E-state index in [9.17, 15) is 4.79 Å². The molecule has 1 aliphatic heterocycles. The second kappa shape index (κ2) is 8.31. The van der Waals surface area contributed by atoms with Gasteiger partial charge in [0.2, 0.25) is 0 Å². The topological polar surface area (TPSA) is 29.5 Å². The van der Waals surface area contributed by atoms with Crippen molar-refractivity contribution in [1.82, 2.24) is 0 Å². The van der Waals surface area contributed by atoms with Crippen LogP contribution in [0.5, 0.6) is 11.5 Å². The average Bonchev–Trinajstić information content (AvgIpc) is 2.98. The van der Waals surface area contributed by atoms with Crippen molar-refractivity contribution in [3.05, 3.63) is 93.8 Å². The number of anilines is 1. The lowest BCUT2D eigenvalue weighted by molar-refractivity contribution is -0.113. The lowest BCUT2D eigenvalue weighted by Crippen LogP contribution is -2.27. The Hall–Kier alpha value is -2.41. The number of thiocarbonyl (C=S) groups is 1. The van der Waals surface area contributed by atoms with Gasteiger partial charge in [0.25, 0.3) is 5.91 Å². The van der Waals surface area contributed by atoms with E-state index in [1.807, 2.05) is 84.9 Å². The van der Waals surface area contributed by atoms with Crippen molar-refractivity contribution in [2.45, 2.75) is 0 Å². The second-order valence-corrected chi connectivity index (χ2v) is 8.48. The summed E-state index contributed by atoms with van der Waals surface area (Å²) in [6.45, 7) is 0. The first-order valence-corrected chi connectivity index (χ1v) is 10.5. The number of benzene rings is 3. The first-order valence-electron chi connectivity index (χ1n) is 8.47. The van der Waals surface area contributed by atoms with Gasteiger partial charge in [0.05, 0.1) is 10.6 Å². The summed E-state index contributed by atoms with van der Waals surface area (Å²) in [5.41, 5.74) is 1.66. The summed E-state index contributed by atoms with van der Waals surface area (Å²) in [4.78, 5) is 15.1. The van der Waals surface area contributed by atoms with Crippen LogP contribution in [0.4, 0.5) is 5.69 Å². The molecule has 1 amide bonds. The maximum Gasteiger partial charge on any atom is 0.270 e. The number of hydrogen-bond donors (Lipinski definition) is 0. The standard InChI is InChI=1S/C22H14BrNO2S2/c23-19-9-5-4-6-15(19)14-20-21(25)24(22(27)28-20)16-10-12-18(13-11-16)26-17-7-2-1-3-8-17/h1-14H/b20-14-. The van der Waals surface area contributed by atoms with E-state index in [-0.39, 0.29) is 5.91 Å². The fourth-order valence-corrected chi connectivity index (χ4v) is 4.40. The van der Waals surface area contributed by atoms with Gasteiger partial charge >= 0.3 is 0 Å². The maximum absolute atomic E-state index is 12.9. The molecule has 0 atom stereocenters. The van der Waals surface area contributed by atoms with Gasteiger partial charge in [0, 0.05) is 4.47 Å². The van der Waals surface area contributed by atoms with Gasteiger partial charge < -0.3 is 4.74 Å². The lowest BCUT2D eigenvalue weighted by atomic mass is 10.2. The number of rotatable bonds is 4. The van der Waals surface area contributed by atoms with Crippen LogP contribution >= 0.6 is 39.9 Å². The molecule has 0 spiro atoms. The normalized spacial score (nSPS) is 15.3. The number of carbonyl (C=O) groups excluding carboxylic acids is 1. The van der Waals surface area contributed by atoms with Crippen molar-refractivity contribution < 1.29 is 9.53 Å². The molecule has 0 aromatic heterocycles. The van der Waals surface area contributed by atoms with Crippen molar-refractivity contribution in [3.8, 4) is 11.5 Å². The van der Waals surface area contributed by atoms with Crippen LogP contribution in [0.15, 0.2) is 88.2 Å². The minimum absolute atomic E-state index is 0.123. The Labute approximate surface area is 181 Å². The minimum atomic E-state index is -0.123. The lowest BCUT2D eigenvalue weighted by Gasteiger charge is -2.15. The fraction of sp³-hybridized carbons (Fsp3) is 0. The molecule has 0 bridgehead atoms. The van der Waals surface area contributed by atoms with Crippen molar-refractivity contribution in [2.24, 2.45) is 0 Å². The molecule has 4 rings (SSSR count). The van der Waals surface area contributed by atoms with Crippen LogP contribution in [0.3, 0.4) is 0 Å². The quantitative estimate of drug-likeness (QED) is 0.317. The first-order chi connectivity index (χ1) is 13.6. The molecule has 0 radical (unpaired) electrons. The van der Waals surface area contributed by atoms with Crippen molar-refractivity contribution in [3.63, 3.8) is 0 Å². The summed E-state index contributed by atoms with van der Waals surface area (Å²) in [6, 6.07) is 24.7. The predicted octanol–water partition coefficient (Wildman–Crippen LogP) is 6.65. The highest BCUT2D eigenvalue weighted by atomic mass is 79.9. The Balaban J connectivity index is 1.55. The van der Waals surface area contributed by atoms with Gasteiger partial charge in [-0.25, -0.2) is 0 Å². The Kier molecular flexibility index (Phi) is 5.62. The zero-order valence-corrected chi connectivity index (χ0v) is 17.8. The molecule has 0 unspecified atom stereocenters. The molecule has 3 nitrogen and oxygen atoms in total. The van der Waals surface area contributed by atoms with E-state index in [0.717, 1.165) is 21.5 Å². The van der Waals surface area contributed by atoms with Crippen molar-refractivity contribution in [2.75, 3.05) is 4.90 Å². The molecule has 3 aromatic carbocycles. The van der Waals surface area contributed by atoms with Gasteiger partial charge in [-0.3, -0.25) is 9.69 Å². The Bertz CT molecular complexity index is 1070. The summed E-state index contributed by atoms with van der Waals surface area (Å²) in [5, 5.41) is 0. The van der Waals surface area contributed by atoms with Gasteiger partial charge in [-0.1, -0.05) is 76.3 Å². The third-order valence-electron chi connectivity index (χ3n) is 4.06. The highest BCUT2D eigenvalue weighted by Gasteiger charge is 2.33. The van der Waals surface area contributed by atoms with Crippen LogP contribution in [-0.2, 0) is 4.79 Å². The Morgan fingerprint density at radius 1 is 0.893 bits per heavy atom. The summed E-state index contributed by atoms with van der Waals surface area (Å²) < 4.78 is 7.25. The largest absolute Gasteiger partial charge is 0.457 e. The third kappa shape index (κ3) is 4.04. The van der Waals surface area contributed by atoms with Gasteiger partial charge in [0.1, 0.15) is 11.5 Å². The maximum atomic E-state index is 12.9. The van der Waals surface area contributed by atoms with Gasteiger partial charge in [0.15, 0.2) is 4.32 Å². The van der Waals surface area contributed by atoms with E-state index >= 15 is 0 Å². The fourth-order valence-electron chi connectivity index (χ4n) is 2.71. The molecule has 138 valence electrons. The Morgan fingerprint density at radius 2 is 1.54 bits per heavy atom. The number of carbonyl (C=O) groups is 1. The minimum Gasteiger partial charge on any atom is -0.457 e. The number of ether oxygens (including phenoxy) is 1. The number of halogens is 1. The predicted molar refractivity (Wildman–Crippen MR) is 123 cm³/mol. The number of para-hydroxylation sites is 1. The number of amides is 1. The SMILES string of the molecule is O=C1/C(=C/c2ccccc2Br)SC(=S)N1c1ccc(Oc2ccccc2)cc1. The number of nitrogens with zero attached hydrogens (tertiary/aromatic N) is 1. The highest BCUT2D eigenvalue weighted by Crippen LogP contribution is 2.37. The molecule has 6 heteroatoms. The molecule has 0 N–H and O–H groups in total. The third-order valence-corrected chi connectivity index (χ3v) is 6.08. The summed E-state index contributed by atoms with van der Waals surface area (Å²) in [5.74, 6) is 1.34. The Morgan fingerprint density at radius 3 is 2.25 bits per heavy atom. The number of thioether (sulfide) groups is 1. The molecular formula is C22H14BrNO2S2. The summed E-state index contributed by atoms with van der Waals surface area (Å²) in [7, 11) is 0. The van der Waals surface area contributed by atoms with E-state index in [2.05, 4.69) is 15.9 Å². The van der Waals surface area contributed by atoms with Crippen LogP contribution < -0.4 is 9.64 Å². The average molecular weight is 468 g/mol. The zero-order valence-electron chi connectivity index (χ0n) is 14.5. The molecule has 1 aliphatic rings. The van der Waals surface area contributed by atoms with Crippen LogP contribution in [-0.4, -0.2) is 10.2 Å².